The van der Waals surface area contributed by atoms with Gasteiger partial charge in [0, 0.05) is 0 Å². The van der Waals surface area contributed by atoms with E-state index in [0.29, 0.717) is 5.82 Å². The molecule has 0 aliphatic heterocycles. The molecule has 0 atom stereocenters. The van der Waals surface area contributed by atoms with Gasteiger partial charge < -0.3 is 4.98 Å². The maximum atomic E-state index is 13.5. The third-order valence-corrected chi connectivity index (χ3v) is 2.09. The topological polar surface area (TPSA) is 59.4 Å². The van der Waals surface area contributed by atoms with E-state index in [1.165, 1.54) is 31.3 Å². The molecule has 2 aromatic rings. The highest BCUT2D eigenvalue weighted by Crippen LogP contribution is 2.17. The second kappa shape index (κ2) is 6.45. The molecule has 2 heterocycles. The lowest BCUT2D eigenvalue weighted by molar-refractivity contribution is 0.180. The van der Waals surface area contributed by atoms with Crippen molar-refractivity contribution in [3.8, 4) is 11.5 Å². The van der Waals surface area contributed by atoms with Crippen molar-refractivity contribution in [3.05, 3.63) is 18.3 Å². The standard InChI is InChI=1S/C10H14FN5.C3H8/c1-7-12-4-8(15-7)9-13-6-14-16(9)5-10(2,3)11;1-3-2/h4,6H,5H2,1-3H3,(H,12,15);3H2,1-2H3. The number of halogens is 1. The molecular formula is C13H22FN5. The molecule has 0 aromatic carbocycles. The first kappa shape index (κ1) is 15.3. The molecule has 5 nitrogen and oxygen atoms in total. The fourth-order valence-electron chi connectivity index (χ4n) is 1.48. The first-order valence-electron chi connectivity index (χ1n) is 6.46. The second-order valence-electron chi connectivity index (χ2n) is 5.05. The summed E-state index contributed by atoms with van der Waals surface area (Å²) in [6.07, 6.45) is 4.33. The predicted octanol–water partition coefficient (Wildman–Crippen LogP) is 3.14. The van der Waals surface area contributed by atoms with E-state index in [1.807, 2.05) is 6.92 Å². The summed E-state index contributed by atoms with van der Waals surface area (Å²) in [7, 11) is 0. The monoisotopic (exact) mass is 267 g/mol. The third-order valence-electron chi connectivity index (χ3n) is 2.09. The third kappa shape index (κ3) is 4.81. The Labute approximate surface area is 113 Å². The van der Waals surface area contributed by atoms with Gasteiger partial charge in [-0.1, -0.05) is 20.3 Å². The summed E-state index contributed by atoms with van der Waals surface area (Å²) in [4.78, 5) is 11.2. The Bertz CT molecular complexity index is 495. The van der Waals surface area contributed by atoms with Gasteiger partial charge in [0.1, 0.15) is 23.5 Å². The van der Waals surface area contributed by atoms with E-state index >= 15 is 0 Å². The number of imidazole rings is 1. The van der Waals surface area contributed by atoms with Gasteiger partial charge in [-0.3, -0.25) is 0 Å². The summed E-state index contributed by atoms with van der Waals surface area (Å²) in [6.45, 7) is 9.29. The number of hydrogen-bond acceptors (Lipinski definition) is 3. The van der Waals surface area contributed by atoms with Crippen LogP contribution in [0.2, 0.25) is 0 Å². The van der Waals surface area contributed by atoms with Crippen LogP contribution in [-0.4, -0.2) is 30.4 Å². The minimum Gasteiger partial charge on any atom is -0.340 e. The van der Waals surface area contributed by atoms with E-state index in [0.717, 1.165) is 11.5 Å². The summed E-state index contributed by atoms with van der Waals surface area (Å²) in [5, 5.41) is 4.00. The second-order valence-corrected chi connectivity index (χ2v) is 5.05. The molecule has 0 bridgehead atoms. The van der Waals surface area contributed by atoms with Crippen LogP contribution in [0.4, 0.5) is 4.39 Å². The molecular weight excluding hydrogens is 245 g/mol. The molecule has 0 saturated carbocycles. The van der Waals surface area contributed by atoms with E-state index in [-0.39, 0.29) is 6.54 Å². The van der Waals surface area contributed by atoms with Crippen LogP contribution < -0.4 is 0 Å². The van der Waals surface area contributed by atoms with Gasteiger partial charge in [-0.05, 0) is 20.8 Å². The molecule has 0 unspecified atom stereocenters. The number of rotatable bonds is 3. The zero-order valence-corrected chi connectivity index (χ0v) is 12.2. The van der Waals surface area contributed by atoms with Gasteiger partial charge in [0.2, 0.25) is 0 Å². The van der Waals surface area contributed by atoms with Crippen molar-refractivity contribution >= 4 is 0 Å². The molecule has 0 spiro atoms. The summed E-state index contributed by atoms with van der Waals surface area (Å²) in [5.41, 5.74) is -0.573. The number of H-pyrrole nitrogens is 1. The predicted molar refractivity (Wildman–Crippen MR) is 73.5 cm³/mol. The number of nitrogens with one attached hydrogen (secondary N) is 1. The van der Waals surface area contributed by atoms with Gasteiger partial charge in [-0.2, -0.15) is 5.10 Å². The summed E-state index contributed by atoms with van der Waals surface area (Å²) in [6, 6.07) is 0. The number of hydrogen-bond donors (Lipinski definition) is 1. The smallest absolute Gasteiger partial charge is 0.176 e. The molecule has 0 aliphatic carbocycles. The van der Waals surface area contributed by atoms with E-state index in [4.69, 9.17) is 0 Å². The molecule has 0 aliphatic rings. The average molecular weight is 267 g/mol. The molecule has 0 fully saturated rings. The van der Waals surface area contributed by atoms with Gasteiger partial charge in [0.05, 0.1) is 12.7 Å². The van der Waals surface area contributed by atoms with Crippen LogP contribution in [0.3, 0.4) is 0 Å². The Morgan fingerprint density at radius 3 is 2.42 bits per heavy atom. The molecule has 2 aromatic heterocycles. The summed E-state index contributed by atoms with van der Waals surface area (Å²) in [5.74, 6) is 1.40. The van der Waals surface area contributed by atoms with Gasteiger partial charge in [-0.15, -0.1) is 0 Å². The van der Waals surface area contributed by atoms with Gasteiger partial charge in [0.25, 0.3) is 0 Å². The van der Waals surface area contributed by atoms with Gasteiger partial charge in [0.15, 0.2) is 5.82 Å². The van der Waals surface area contributed by atoms with E-state index in [9.17, 15) is 4.39 Å². The zero-order valence-electron chi connectivity index (χ0n) is 12.2. The van der Waals surface area contributed by atoms with Crippen LogP contribution in [0.5, 0.6) is 0 Å². The van der Waals surface area contributed by atoms with Crippen molar-refractivity contribution in [1.29, 1.82) is 0 Å². The number of aromatic nitrogens is 5. The Morgan fingerprint density at radius 1 is 1.32 bits per heavy atom. The highest BCUT2D eigenvalue weighted by molar-refractivity contribution is 5.47. The van der Waals surface area contributed by atoms with Crippen molar-refractivity contribution in [2.45, 2.75) is 53.3 Å². The average Bonchev–Trinajstić information content (AvgIpc) is 2.86. The van der Waals surface area contributed by atoms with Crippen molar-refractivity contribution in [2.24, 2.45) is 0 Å². The highest BCUT2D eigenvalue weighted by Gasteiger charge is 2.20. The Morgan fingerprint density at radius 2 is 1.95 bits per heavy atom. The van der Waals surface area contributed by atoms with Gasteiger partial charge in [-0.25, -0.2) is 19.0 Å². The fraction of sp³-hybridized carbons (Fsp3) is 0.615. The fourth-order valence-corrected chi connectivity index (χ4v) is 1.48. The quantitative estimate of drug-likeness (QED) is 0.929. The van der Waals surface area contributed by atoms with Crippen LogP contribution in [0.25, 0.3) is 11.5 Å². The molecule has 106 valence electrons. The van der Waals surface area contributed by atoms with Crippen LogP contribution in [0.1, 0.15) is 39.9 Å². The number of aryl methyl sites for hydroxylation is 1. The minimum absolute atomic E-state index is 0.167. The Hall–Kier alpha value is -1.72. The molecule has 0 amide bonds. The lowest BCUT2D eigenvalue weighted by Gasteiger charge is -2.14. The van der Waals surface area contributed by atoms with Crippen LogP contribution in [-0.2, 0) is 6.54 Å². The first-order chi connectivity index (χ1) is 8.87. The van der Waals surface area contributed by atoms with Crippen molar-refractivity contribution in [1.82, 2.24) is 24.7 Å². The van der Waals surface area contributed by atoms with E-state index in [2.05, 4.69) is 33.9 Å². The normalized spacial score (nSPS) is 11.1. The Kier molecular flexibility index (Phi) is 5.20. The zero-order chi connectivity index (χ0) is 14.5. The maximum absolute atomic E-state index is 13.5. The van der Waals surface area contributed by atoms with Crippen molar-refractivity contribution in [2.75, 3.05) is 0 Å². The van der Waals surface area contributed by atoms with Crippen LogP contribution in [0, 0.1) is 6.92 Å². The van der Waals surface area contributed by atoms with Gasteiger partial charge >= 0.3 is 0 Å². The molecule has 1 N–H and O–H groups in total. The number of aromatic amines is 1. The van der Waals surface area contributed by atoms with Crippen LogP contribution >= 0.6 is 0 Å². The molecule has 6 heteroatoms. The van der Waals surface area contributed by atoms with E-state index in [1.54, 1.807) is 6.20 Å². The molecule has 0 radical (unpaired) electrons. The van der Waals surface area contributed by atoms with E-state index < -0.39 is 5.67 Å². The lowest BCUT2D eigenvalue weighted by atomic mass is 10.2. The maximum Gasteiger partial charge on any atom is 0.176 e. The lowest BCUT2D eigenvalue weighted by Crippen LogP contribution is -2.22. The molecule has 2 rings (SSSR count). The first-order valence-corrected chi connectivity index (χ1v) is 6.46. The number of alkyl halides is 1. The summed E-state index contributed by atoms with van der Waals surface area (Å²) >= 11 is 0. The molecule has 19 heavy (non-hydrogen) atoms. The summed E-state index contributed by atoms with van der Waals surface area (Å²) < 4.78 is 15.1. The highest BCUT2D eigenvalue weighted by atomic mass is 19.1. The number of nitrogens with zero attached hydrogens (tertiary/aromatic N) is 4. The minimum atomic E-state index is -1.32. The molecule has 0 saturated heterocycles. The Balaban J connectivity index is 0.000000550. The van der Waals surface area contributed by atoms with Crippen molar-refractivity contribution in [3.63, 3.8) is 0 Å². The van der Waals surface area contributed by atoms with Crippen LogP contribution in [0.15, 0.2) is 12.5 Å². The van der Waals surface area contributed by atoms with Crippen molar-refractivity contribution < 1.29 is 4.39 Å². The largest absolute Gasteiger partial charge is 0.340 e. The SMILES string of the molecule is CCC.Cc1ncc(-c2ncnn2CC(C)(C)F)[nH]1.